The van der Waals surface area contributed by atoms with Crippen LogP contribution in [0.3, 0.4) is 0 Å². The Hall–Kier alpha value is -1.98. The highest BCUT2D eigenvalue weighted by molar-refractivity contribution is 7.99. The van der Waals surface area contributed by atoms with E-state index in [1.165, 1.54) is 0 Å². The van der Waals surface area contributed by atoms with Crippen LogP contribution in [0.1, 0.15) is 37.8 Å². The summed E-state index contributed by atoms with van der Waals surface area (Å²) in [6.45, 7) is 1.82. The summed E-state index contributed by atoms with van der Waals surface area (Å²) in [4.78, 5) is 25.0. The van der Waals surface area contributed by atoms with Crippen molar-refractivity contribution in [1.82, 2.24) is 5.32 Å². The van der Waals surface area contributed by atoms with Crippen molar-refractivity contribution in [3.8, 4) is 0 Å². The molecule has 0 saturated carbocycles. The van der Waals surface area contributed by atoms with Crippen molar-refractivity contribution in [2.24, 2.45) is 0 Å². The minimum absolute atomic E-state index is 0.0668. The lowest BCUT2D eigenvalue weighted by atomic mass is 10.0. The molecule has 1 atom stereocenters. The number of carbonyl (C=O) groups excluding carboxylic acids is 2. The van der Waals surface area contributed by atoms with Crippen molar-refractivity contribution >= 4 is 35.2 Å². The van der Waals surface area contributed by atoms with Crippen molar-refractivity contribution in [3.63, 3.8) is 0 Å². The van der Waals surface area contributed by atoms with Crippen molar-refractivity contribution < 1.29 is 14.3 Å². The Balaban J connectivity index is 1.70. The molecule has 27 heavy (non-hydrogen) atoms. The third-order valence-corrected chi connectivity index (χ3v) is 5.13. The lowest BCUT2D eigenvalue weighted by Gasteiger charge is -2.18. The summed E-state index contributed by atoms with van der Waals surface area (Å²) in [6.07, 6.45) is 2.03. The zero-order valence-electron chi connectivity index (χ0n) is 15.3. The number of ether oxygens (including phenoxy) is 1. The van der Waals surface area contributed by atoms with Gasteiger partial charge in [0.15, 0.2) is 6.61 Å². The number of rotatable bonds is 10. The Kier molecular flexibility index (Phi) is 9.22. The van der Waals surface area contributed by atoms with Crippen LogP contribution in [0.4, 0.5) is 0 Å². The number of esters is 1. The predicted molar refractivity (Wildman–Crippen MR) is 110 cm³/mol. The van der Waals surface area contributed by atoms with Crippen LogP contribution in [0.2, 0.25) is 5.02 Å². The Morgan fingerprint density at radius 2 is 1.81 bits per heavy atom. The first-order chi connectivity index (χ1) is 13.1. The molecule has 2 aromatic rings. The van der Waals surface area contributed by atoms with Crippen LogP contribution < -0.4 is 5.32 Å². The summed E-state index contributed by atoms with van der Waals surface area (Å²) in [5.41, 5.74) is 1.05. The van der Waals surface area contributed by atoms with Gasteiger partial charge in [0, 0.05) is 15.7 Å². The molecule has 6 heteroatoms. The maximum absolute atomic E-state index is 12.1. The molecular weight excluding hydrogens is 382 g/mol. The summed E-state index contributed by atoms with van der Waals surface area (Å²) >= 11 is 7.39. The number of thioether (sulfide) groups is 1. The summed E-state index contributed by atoms with van der Waals surface area (Å²) in [5.74, 6) is -0.0701. The van der Waals surface area contributed by atoms with Gasteiger partial charge >= 0.3 is 5.97 Å². The van der Waals surface area contributed by atoms with E-state index in [-0.39, 0.29) is 30.9 Å². The molecule has 0 spiro atoms. The Labute approximate surface area is 169 Å². The van der Waals surface area contributed by atoms with E-state index >= 15 is 0 Å². The molecule has 0 aliphatic rings. The van der Waals surface area contributed by atoms with E-state index in [9.17, 15) is 9.59 Å². The normalized spacial score (nSPS) is 11.6. The highest BCUT2D eigenvalue weighted by atomic mass is 35.5. The van der Waals surface area contributed by atoms with Crippen LogP contribution in [-0.4, -0.2) is 24.2 Å². The van der Waals surface area contributed by atoms with Gasteiger partial charge in [-0.25, -0.2) is 0 Å². The third-order valence-electron chi connectivity index (χ3n) is 3.87. The predicted octanol–water partition coefficient (Wildman–Crippen LogP) is 5.02. The lowest BCUT2D eigenvalue weighted by Crippen LogP contribution is -2.32. The standard InChI is InChI=1S/C21H24ClNO3S/c1-2-6-19(16-7-4-3-5-8-16)23-20(24)15-26-21(25)13-14-27-18-11-9-17(22)10-12-18/h3-5,7-12,19H,2,6,13-15H2,1H3,(H,23,24)/t19-/m0/s1. The molecule has 0 aliphatic carbocycles. The molecule has 0 radical (unpaired) electrons. The van der Waals surface area contributed by atoms with E-state index in [0.717, 1.165) is 23.3 Å². The van der Waals surface area contributed by atoms with Gasteiger partial charge in [-0.3, -0.25) is 9.59 Å². The lowest BCUT2D eigenvalue weighted by molar-refractivity contribution is -0.148. The van der Waals surface area contributed by atoms with E-state index in [1.807, 2.05) is 54.6 Å². The fourth-order valence-corrected chi connectivity index (χ4v) is 3.49. The molecule has 1 amide bonds. The quantitative estimate of drug-likeness (QED) is 0.445. The molecule has 0 aromatic heterocycles. The fourth-order valence-electron chi connectivity index (χ4n) is 2.53. The van der Waals surface area contributed by atoms with Crippen molar-refractivity contribution in [2.75, 3.05) is 12.4 Å². The van der Waals surface area contributed by atoms with Crippen LogP contribution in [0.25, 0.3) is 0 Å². The van der Waals surface area contributed by atoms with Gasteiger partial charge in [-0.05, 0) is 36.2 Å². The number of halogens is 1. The van der Waals surface area contributed by atoms with Gasteiger partial charge in [-0.1, -0.05) is 55.3 Å². The minimum atomic E-state index is -0.377. The van der Waals surface area contributed by atoms with E-state index in [0.29, 0.717) is 10.8 Å². The van der Waals surface area contributed by atoms with Gasteiger partial charge in [-0.15, -0.1) is 11.8 Å². The van der Waals surface area contributed by atoms with E-state index < -0.39 is 0 Å². The average Bonchev–Trinajstić information content (AvgIpc) is 2.68. The fraction of sp³-hybridized carbons (Fsp3) is 0.333. The SMILES string of the molecule is CCC[C@H](NC(=O)COC(=O)CCSc1ccc(Cl)cc1)c1ccccc1. The Bertz CT molecular complexity index is 722. The number of hydrogen-bond donors (Lipinski definition) is 1. The van der Waals surface area contributed by atoms with Gasteiger partial charge in [0.05, 0.1) is 12.5 Å². The highest BCUT2D eigenvalue weighted by Gasteiger charge is 2.15. The second-order valence-electron chi connectivity index (χ2n) is 6.03. The van der Waals surface area contributed by atoms with Crippen LogP contribution in [0.5, 0.6) is 0 Å². The van der Waals surface area contributed by atoms with Crippen LogP contribution in [-0.2, 0) is 14.3 Å². The smallest absolute Gasteiger partial charge is 0.307 e. The monoisotopic (exact) mass is 405 g/mol. The largest absolute Gasteiger partial charge is 0.456 e. The van der Waals surface area contributed by atoms with E-state index in [2.05, 4.69) is 12.2 Å². The third kappa shape index (κ3) is 8.06. The second-order valence-corrected chi connectivity index (χ2v) is 7.64. The van der Waals surface area contributed by atoms with Crippen molar-refractivity contribution in [2.45, 2.75) is 37.1 Å². The molecule has 4 nitrogen and oxygen atoms in total. The molecule has 2 aromatic carbocycles. The highest BCUT2D eigenvalue weighted by Crippen LogP contribution is 2.21. The first-order valence-corrected chi connectivity index (χ1v) is 10.3. The van der Waals surface area contributed by atoms with Gasteiger partial charge < -0.3 is 10.1 Å². The van der Waals surface area contributed by atoms with Crippen LogP contribution >= 0.6 is 23.4 Å². The zero-order chi connectivity index (χ0) is 19.5. The van der Waals surface area contributed by atoms with E-state index in [4.69, 9.17) is 16.3 Å². The maximum atomic E-state index is 12.1. The van der Waals surface area contributed by atoms with Gasteiger partial charge in [0.25, 0.3) is 5.91 Å². The molecule has 0 bridgehead atoms. The van der Waals surface area contributed by atoms with Gasteiger partial charge in [0.2, 0.25) is 0 Å². The number of nitrogens with one attached hydrogen (secondary N) is 1. The van der Waals surface area contributed by atoms with E-state index in [1.54, 1.807) is 11.8 Å². The number of hydrogen-bond acceptors (Lipinski definition) is 4. The second kappa shape index (κ2) is 11.7. The summed E-state index contributed by atoms with van der Waals surface area (Å²) < 4.78 is 5.09. The zero-order valence-corrected chi connectivity index (χ0v) is 16.9. The molecule has 0 saturated heterocycles. The first kappa shape index (κ1) is 21.3. The van der Waals surface area contributed by atoms with Gasteiger partial charge in [-0.2, -0.15) is 0 Å². The van der Waals surface area contributed by atoms with Crippen LogP contribution in [0.15, 0.2) is 59.5 Å². The first-order valence-electron chi connectivity index (χ1n) is 8.96. The van der Waals surface area contributed by atoms with Crippen molar-refractivity contribution in [1.29, 1.82) is 0 Å². The average molecular weight is 406 g/mol. The number of carbonyl (C=O) groups is 2. The molecular formula is C21H24ClNO3S. The summed E-state index contributed by atoms with van der Waals surface area (Å²) in [7, 11) is 0. The molecule has 0 fully saturated rings. The molecule has 1 N–H and O–H groups in total. The molecule has 0 aliphatic heterocycles. The van der Waals surface area contributed by atoms with Gasteiger partial charge in [0.1, 0.15) is 0 Å². The summed E-state index contributed by atoms with van der Waals surface area (Å²) in [6, 6.07) is 17.2. The molecule has 0 unspecified atom stereocenters. The Morgan fingerprint density at radius 1 is 1.11 bits per heavy atom. The minimum Gasteiger partial charge on any atom is -0.456 e. The number of amides is 1. The number of benzene rings is 2. The van der Waals surface area contributed by atoms with Crippen molar-refractivity contribution in [3.05, 3.63) is 65.2 Å². The van der Waals surface area contributed by atoms with Crippen LogP contribution in [0, 0.1) is 0 Å². The Morgan fingerprint density at radius 3 is 2.48 bits per heavy atom. The molecule has 0 heterocycles. The topological polar surface area (TPSA) is 55.4 Å². The molecule has 144 valence electrons. The maximum Gasteiger partial charge on any atom is 0.307 e. The summed E-state index contributed by atoms with van der Waals surface area (Å²) in [5, 5.41) is 3.63. The molecule has 2 rings (SSSR count).